The molecule has 0 aliphatic heterocycles. The highest BCUT2D eigenvalue weighted by atomic mass is 32.2. The van der Waals surface area contributed by atoms with Gasteiger partial charge in [0.15, 0.2) is 6.29 Å². The van der Waals surface area contributed by atoms with Gasteiger partial charge in [0, 0.05) is 28.8 Å². The minimum Gasteiger partial charge on any atom is -0.366 e. The number of nitrogens with two attached hydrogens (primary N) is 1. The predicted octanol–water partition coefficient (Wildman–Crippen LogP) is 5.99. The van der Waals surface area contributed by atoms with E-state index in [1.165, 1.54) is 24.0 Å². The van der Waals surface area contributed by atoms with E-state index in [0.29, 0.717) is 21.9 Å². The zero-order valence-electron chi connectivity index (χ0n) is 23.2. The predicted molar refractivity (Wildman–Crippen MR) is 166 cm³/mol. The molecule has 11 heteroatoms. The summed E-state index contributed by atoms with van der Waals surface area (Å²) in [6.45, 7) is 0. The first-order chi connectivity index (χ1) is 21.0. The molecule has 44 heavy (non-hydrogen) atoms. The zero-order chi connectivity index (χ0) is 31.4. The average molecular weight is 620 g/mol. The van der Waals surface area contributed by atoms with Gasteiger partial charge in [0.25, 0.3) is 11.5 Å². The minimum atomic E-state index is -4.59. The number of anilines is 1. The topological polar surface area (TPSA) is 109 Å². The fourth-order valence-corrected chi connectivity index (χ4v) is 5.98. The first kappa shape index (κ1) is 31.0. The number of hydrogen-bond acceptors (Lipinski definition) is 6. The number of hydrogen-bond donors (Lipinski definition) is 3. The van der Waals surface area contributed by atoms with Crippen molar-refractivity contribution in [2.24, 2.45) is 5.84 Å². The van der Waals surface area contributed by atoms with Crippen LogP contribution in [0.4, 0.5) is 18.9 Å². The van der Waals surface area contributed by atoms with Gasteiger partial charge >= 0.3 is 6.18 Å². The standard InChI is InChI=1S/C33H28F3N3O4S/c34-33(35,36)25-15-13-23(14-16-25)30(40)39(37)28-17-24(27-12-6-10-22-9-4-5-11-26(22)27)18-38(31(28)41)29(32(42)43)20-44-19-21-7-2-1-3-8-21/h1-18,29,32,42-43H,19-20,37H2/t29-/m1/s1. The number of carbonyl (C=O) groups excluding carboxylic acids is 1. The average Bonchev–Trinajstić information content (AvgIpc) is 3.02. The van der Waals surface area contributed by atoms with E-state index in [-0.39, 0.29) is 17.0 Å². The lowest BCUT2D eigenvalue weighted by molar-refractivity contribution is -0.137. The van der Waals surface area contributed by atoms with Gasteiger partial charge in [-0.3, -0.25) is 9.59 Å². The van der Waals surface area contributed by atoms with E-state index >= 15 is 0 Å². The lowest BCUT2D eigenvalue weighted by atomic mass is 9.99. The molecule has 226 valence electrons. The van der Waals surface area contributed by atoms with E-state index in [2.05, 4.69) is 0 Å². The number of amides is 1. The number of aliphatic hydroxyl groups is 2. The van der Waals surface area contributed by atoms with Gasteiger partial charge in [-0.25, -0.2) is 10.9 Å². The van der Waals surface area contributed by atoms with Crippen molar-refractivity contribution in [1.29, 1.82) is 0 Å². The van der Waals surface area contributed by atoms with Gasteiger partial charge in [-0.2, -0.15) is 24.9 Å². The molecule has 0 aliphatic rings. The van der Waals surface area contributed by atoms with E-state index in [4.69, 9.17) is 5.84 Å². The molecule has 1 amide bonds. The molecule has 0 aliphatic carbocycles. The molecule has 4 aromatic carbocycles. The van der Waals surface area contributed by atoms with Crippen LogP contribution in [0, 0.1) is 0 Å². The van der Waals surface area contributed by atoms with Crippen LogP contribution in [-0.2, 0) is 11.9 Å². The van der Waals surface area contributed by atoms with Crippen molar-refractivity contribution in [3.63, 3.8) is 0 Å². The molecular formula is C33H28F3N3O4S. The third-order valence-corrected chi connectivity index (χ3v) is 8.28. The molecule has 4 N–H and O–H groups in total. The zero-order valence-corrected chi connectivity index (χ0v) is 24.0. The maximum atomic E-state index is 13.9. The van der Waals surface area contributed by atoms with Gasteiger partial charge in [0.1, 0.15) is 5.69 Å². The number of pyridine rings is 1. The Labute approximate surface area is 255 Å². The largest absolute Gasteiger partial charge is 0.416 e. The third kappa shape index (κ3) is 6.71. The molecule has 0 saturated carbocycles. The summed E-state index contributed by atoms with van der Waals surface area (Å²) >= 11 is 1.39. The molecule has 0 saturated heterocycles. The van der Waals surface area contributed by atoms with Gasteiger partial charge < -0.3 is 14.8 Å². The lowest BCUT2D eigenvalue weighted by Crippen LogP contribution is -2.44. The number of fused-ring (bicyclic) bond motifs is 1. The molecule has 0 fully saturated rings. The van der Waals surface area contributed by atoms with Crippen LogP contribution in [0.2, 0.25) is 0 Å². The van der Waals surface area contributed by atoms with E-state index in [1.807, 2.05) is 72.8 Å². The smallest absolute Gasteiger partial charge is 0.366 e. The molecule has 5 rings (SSSR count). The van der Waals surface area contributed by atoms with Gasteiger partial charge in [0.2, 0.25) is 0 Å². The van der Waals surface area contributed by atoms with E-state index in [1.54, 1.807) is 0 Å². The Morgan fingerprint density at radius 2 is 1.57 bits per heavy atom. The van der Waals surface area contributed by atoms with Crippen LogP contribution >= 0.6 is 11.8 Å². The van der Waals surface area contributed by atoms with Crippen LogP contribution in [0.5, 0.6) is 0 Å². The summed E-state index contributed by atoms with van der Waals surface area (Å²) < 4.78 is 40.4. The second-order valence-corrected chi connectivity index (χ2v) is 11.1. The highest BCUT2D eigenvalue weighted by molar-refractivity contribution is 7.98. The molecule has 5 aromatic rings. The fraction of sp³-hybridized carbons (Fsp3) is 0.152. The van der Waals surface area contributed by atoms with Crippen LogP contribution in [0.1, 0.15) is 27.5 Å². The minimum absolute atomic E-state index is 0.127. The highest BCUT2D eigenvalue weighted by Crippen LogP contribution is 2.32. The van der Waals surface area contributed by atoms with Gasteiger partial charge in [-0.05, 0) is 52.2 Å². The molecule has 1 atom stereocenters. The Balaban J connectivity index is 1.59. The number of benzene rings is 4. The Bertz CT molecular complexity index is 1820. The van der Waals surface area contributed by atoms with Crippen molar-refractivity contribution in [3.8, 4) is 11.1 Å². The van der Waals surface area contributed by atoms with Crippen molar-refractivity contribution < 1.29 is 28.2 Å². The Morgan fingerprint density at radius 1 is 0.909 bits per heavy atom. The summed E-state index contributed by atoms with van der Waals surface area (Å²) in [5.74, 6) is 5.95. The van der Waals surface area contributed by atoms with Gasteiger partial charge in [-0.1, -0.05) is 72.8 Å². The number of aliphatic hydroxyl groups excluding tert-OH is 1. The maximum absolute atomic E-state index is 13.9. The summed E-state index contributed by atoms with van der Waals surface area (Å²) in [7, 11) is 0. The summed E-state index contributed by atoms with van der Waals surface area (Å²) in [5, 5.41) is 23.1. The molecule has 7 nitrogen and oxygen atoms in total. The van der Waals surface area contributed by atoms with Gasteiger partial charge in [0.05, 0.1) is 11.6 Å². The second-order valence-electron chi connectivity index (χ2n) is 10.1. The monoisotopic (exact) mass is 619 g/mol. The quantitative estimate of drug-likeness (QED) is 0.0810. The van der Waals surface area contributed by atoms with Crippen molar-refractivity contribution in [2.45, 2.75) is 24.3 Å². The van der Waals surface area contributed by atoms with E-state index < -0.39 is 35.5 Å². The summed E-state index contributed by atoms with van der Waals surface area (Å²) in [6.07, 6.45) is -5.04. The molecule has 0 radical (unpaired) electrons. The van der Waals surface area contributed by atoms with Crippen LogP contribution in [0.3, 0.4) is 0 Å². The summed E-state index contributed by atoms with van der Waals surface area (Å²) in [6, 6.07) is 26.4. The van der Waals surface area contributed by atoms with E-state index in [0.717, 1.165) is 45.2 Å². The molecular weight excluding hydrogens is 591 g/mol. The number of hydrazine groups is 1. The van der Waals surface area contributed by atoms with Crippen molar-refractivity contribution in [1.82, 2.24) is 4.57 Å². The van der Waals surface area contributed by atoms with Crippen molar-refractivity contribution in [2.75, 3.05) is 10.8 Å². The number of halogens is 3. The number of carbonyl (C=O) groups is 1. The van der Waals surface area contributed by atoms with E-state index in [9.17, 15) is 33.0 Å². The van der Waals surface area contributed by atoms with Gasteiger partial charge in [-0.15, -0.1) is 0 Å². The number of thioether (sulfide) groups is 1. The van der Waals surface area contributed by atoms with Crippen LogP contribution in [-0.4, -0.2) is 32.7 Å². The van der Waals surface area contributed by atoms with Crippen LogP contribution in [0.25, 0.3) is 21.9 Å². The molecule has 1 aromatic heterocycles. The number of rotatable bonds is 9. The Hall–Kier alpha value is -4.42. The molecule has 0 spiro atoms. The third-order valence-electron chi connectivity index (χ3n) is 7.16. The SMILES string of the molecule is NN(C(=O)c1ccc(C(F)(F)F)cc1)c1cc(-c2cccc3ccccc23)cn([C@H](CSCc2ccccc2)C(O)O)c1=O. The molecule has 0 unspecified atom stereocenters. The normalized spacial score (nSPS) is 12.4. The fourth-order valence-electron chi connectivity index (χ4n) is 4.86. The number of nitrogens with zero attached hydrogens (tertiary/aromatic N) is 2. The molecule has 0 bridgehead atoms. The van der Waals surface area contributed by atoms with Crippen LogP contribution in [0.15, 0.2) is 114 Å². The maximum Gasteiger partial charge on any atom is 0.416 e. The number of aromatic nitrogens is 1. The summed E-state index contributed by atoms with van der Waals surface area (Å²) in [5.41, 5.74) is -0.0158. The van der Waals surface area contributed by atoms with Crippen molar-refractivity contribution in [3.05, 3.63) is 136 Å². The Kier molecular flexibility index (Phi) is 9.21. The first-order valence-electron chi connectivity index (χ1n) is 13.5. The Morgan fingerprint density at radius 3 is 2.25 bits per heavy atom. The second kappa shape index (κ2) is 13.1. The molecule has 1 heterocycles. The first-order valence-corrected chi connectivity index (χ1v) is 14.7. The lowest BCUT2D eigenvalue weighted by Gasteiger charge is -2.25. The van der Waals surface area contributed by atoms with Crippen LogP contribution < -0.4 is 16.4 Å². The van der Waals surface area contributed by atoms with Crippen molar-refractivity contribution >= 4 is 34.1 Å². The highest BCUT2D eigenvalue weighted by Gasteiger charge is 2.31. The number of alkyl halides is 3. The summed E-state index contributed by atoms with van der Waals surface area (Å²) in [4.78, 5) is 27.2.